The monoisotopic (exact) mass is 580 g/mol. The van der Waals surface area contributed by atoms with Gasteiger partial charge in [0.15, 0.2) is 0 Å². The van der Waals surface area contributed by atoms with Gasteiger partial charge < -0.3 is 0 Å². The van der Waals surface area contributed by atoms with Gasteiger partial charge in [0.2, 0.25) is 23.6 Å². The van der Waals surface area contributed by atoms with Gasteiger partial charge in [-0.15, -0.1) is 0 Å². The Balaban J connectivity index is 1.25. The summed E-state index contributed by atoms with van der Waals surface area (Å²) in [5.41, 5.74) is 1.13. The fourth-order valence-electron chi connectivity index (χ4n) is 7.29. The number of fused-ring (bicyclic) bond motifs is 1. The van der Waals surface area contributed by atoms with Gasteiger partial charge in [0.1, 0.15) is 0 Å². The van der Waals surface area contributed by atoms with Crippen molar-refractivity contribution < 1.29 is 19.2 Å². The number of hydrogen-bond donors (Lipinski definition) is 0. The van der Waals surface area contributed by atoms with Crippen molar-refractivity contribution in [2.45, 2.75) is 0 Å². The summed E-state index contributed by atoms with van der Waals surface area (Å²) in [4.78, 5) is 56.6. The summed E-state index contributed by atoms with van der Waals surface area (Å²) >= 11 is 6.79. The Kier molecular flexibility index (Phi) is 4.26. The van der Waals surface area contributed by atoms with E-state index >= 15 is 0 Å². The van der Waals surface area contributed by atoms with Gasteiger partial charge in [-0.05, 0) is 72.2 Å². The highest BCUT2D eigenvalue weighted by atomic mass is 79.9. The van der Waals surface area contributed by atoms with Crippen molar-refractivity contribution in [3.8, 4) is 0 Å². The lowest BCUT2D eigenvalue weighted by Gasteiger charge is -2.60. The molecule has 2 saturated carbocycles. The first-order valence-electron chi connectivity index (χ1n) is 11.3. The van der Waals surface area contributed by atoms with Gasteiger partial charge >= 0.3 is 0 Å². The van der Waals surface area contributed by atoms with Crippen LogP contribution in [0, 0.1) is 47.3 Å². The standard InChI is InChI=1S/C26H18Br2N2O4/c27-11-1-5-13(6-2-11)29-23(31)19-15-9-10-16(20(19)24(29)32)18-17(15)21-22(18)26(34)30(25(21)33)14-7-3-12(28)4-8-14/h1-10,15-22H. The number of rotatable bonds is 2. The molecule has 2 heterocycles. The van der Waals surface area contributed by atoms with E-state index in [2.05, 4.69) is 31.9 Å². The van der Waals surface area contributed by atoms with Crippen LogP contribution in [-0.2, 0) is 19.2 Å². The Morgan fingerprint density at radius 2 is 0.824 bits per heavy atom. The summed E-state index contributed by atoms with van der Waals surface area (Å²) in [6.07, 6.45) is 4.05. The first-order chi connectivity index (χ1) is 16.4. The third-order valence-electron chi connectivity index (χ3n) is 8.51. The van der Waals surface area contributed by atoms with Gasteiger partial charge in [-0.2, -0.15) is 0 Å². The van der Waals surface area contributed by atoms with Crippen molar-refractivity contribution >= 4 is 66.9 Å². The summed E-state index contributed by atoms with van der Waals surface area (Å²) in [5.74, 6) is -3.14. The molecule has 0 spiro atoms. The molecule has 2 aromatic rings. The summed E-state index contributed by atoms with van der Waals surface area (Å²) in [6, 6.07) is 14.3. The van der Waals surface area contributed by atoms with Crippen LogP contribution in [0.4, 0.5) is 11.4 Å². The van der Waals surface area contributed by atoms with E-state index in [-0.39, 0.29) is 47.3 Å². The molecule has 4 fully saturated rings. The Labute approximate surface area is 212 Å². The SMILES string of the molecule is O=C1C2C3C=CC(C2C(=O)N1c1ccc(Br)cc1)C1C2C(=O)N(c4ccc(Br)cc4)C(=O)C2C31. The van der Waals surface area contributed by atoms with Crippen LogP contribution in [0.3, 0.4) is 0 Å². The highest BCUT2D eigenvalue weighted by molar-refractivity contribution is 9.10. The average molecular weight is 582 g/mol. The van der Waals surface area contributed by atoms with E-state index in [0.29, 0.717) is 11.4 Å². The molecule has 0 radical (unpaired) electrons. The molecular weight excluding hydrogens is 564 g/mol. The van der Waals surface area contributed by atoms with E-state index in [9.17, 15) is 19.2 Å². The normalized spacial score (nSPS) is 37.1. The second kappa shape index (κ2) is 6.98. The number of amides is 4. The number of allylic oxidation sites excluding steroid dienone is 2. The molecule has 2 aliphatic heterocycles. The quantitative estimate of drug-likeness (QED) is 0.394. The predicted octanol–water partition coefficient (Wildman–Crippen LogP) is 4.18. The molecule has 6 nitrogen and oxygen atoms in total. The zero-order valence-electron chi connectivity index (χ0n) is 17.7. The molecule has 170 valence electrons. The highest BCUT2D eigenvalue weighted by Gasteiger charge is 2.75. The van der Waals surface area contributed by atoms with Gasteiger partial charge in [-0.25, -0.2) is 0 Å². The molecule has 8 heteroatoms. The maximum Gasteiger partial charge on any atom is 0.238 e. The van der Waals surface area contributed by atoms with E-state index in [0.717, 1.165) is 8.95 Å². The van der Waals surface area contributed by atoms with Crippen molar-refractivity contribution in [3.05, 3.63) is 69.6 Å². The molecule has 0 N–H and O–H groups in total. The minimum absolute atomic E-state index is 0.0835. The fraction of sp³-hybridized carbons (Fsp3) is 0.308. The second-order valence-electron chi connectivity index (χ2n) is 9.77. The van der Waals surface area contributed by atoms with Crippen LogP contribution < -0.4 is 9.80 Å². The van der Waals surface area contributed by atoms with Crippen molar-refractivity contribution in [2.24, 2.45) is 47.3 Å². The van der Waals surface area contributed by atoms with Crippen LogP contribution >= 0.6 is 31.9 Å². The lowest BCUT2D eigenvalue weighted by Crippen LogP contribution is -2.63. The summed E-state index contributed by atoms with van der Waals surface area (Å²) in [6.45, 7) is 0. The number of anilines is 2. The average Bonchev–Trinajstić information content (AvgIpc) is 3.19. The van der Waals surface area contributed by atoms with Crippen LogP contribution in [0.25, 0.3) is 0 Å². The van der Waals surface area contributed by atoms with Crippen LogP contribution in [0.15, 0.2) is 69.6 Å². The molecule has 2 saturated heterocycles. The van der Waals surface area contributed by atoms with Crippen LogP contribution in [0.2, 0.25) is 0 Å². The fourth-order valence-corrected chi connectivity index (χ4v) is 7.82. The highest BCUT2D eigenvalue weighted by Crippen LogP contribution is 2.68. The topological polar surface area (TPSA) is 74.8 Å². The number of nitrogens with zero attached hydrogens (tertiary/aromatic N) is 2. The number of benzene rings is 2. The largest absolute Gasteiger partial charge is 0.274 e. The Morgan fingerprint density at radius 3 is 1.18 bits per heavy atom. The number of hydrogen-bond acceptors (Lipinski definition) is 4. The van der Waals surface area contributed by atoms with E-state index in [1.54, 1.807) is 24.3 Å². The van der Waals surface area contributed by atoms with Gasteiger partial charge in [0.05, 0.1) is 35.0 Å². The number of carbonyl (C=O) groups is 4. The zero-order chi connectivity index (χ0) is 23.5. The first-order valence-corrected chi connectivity index (χ1v) is 12.9. The lowest BCUT2D eigenvalue weighted by atomic mass is 9.40. The molecule has 4 amide bonds. The summed E-state index contributed by atoms with van der Waals surface area (Å²) < 4.78 is 1.74. The Bertz CT molecular complexity index is 1270. The molecule has 34 heavy (non-hydrogen) atoms. The molecule has 2 aromatic carbocycles. The summed E-state index contributed by atoms with van der Waals surface area (Å²) in [7, 11) is 0. The van der Waals surface area contributed by atoms with Crippen molar-refractivity contribution in [1.29, 1.82) is 0 Å². The van der Waals surface area contributed by atoms with Gasteiger partial charge in [-0.1, -0.05) is 44.0 Å². The van der Waals surface area contributed by atoms with E-state index < -0.39 is 23.7 Å². The minimum Gasteiger partial charge on any atom is -0.274 e. The van der Waals surface area contributed by atoms with Gasteiger partial charge in [0.25, 0.3) is 0 Å². The molecule has 6 aliphatic rings. The zero-order valence-corrected chi connectivity index (χ0v) is 20.8. The number of halogens is 2. The smallest absolute Gasteiger partial charge is 0.238 e. The van der Waals surface area contributed by atoms with Crippen LogP contribution in [-0.4, -0.2) is 23.6 Å². The molecule has 8 unspecified atom stereocenters. The molecule has 8 atom stereocenters. The van der Waals surface area contributed by atoms with Crippen molar-refractivity contribution in [2.75, 3.05) is 9.80 Å². The lowest BCUT2D eigenvalue weighted by molar-refractivity contribution is -0.166. The minimum atomic E-state index is -0.474. The predicted molar refractivity (Wildman–Crippen MR) is 130 cm³/mol. The maximum atomic E-state index is 13.6. The first kappa shape index (κ1) is 20.8. The van der Waals surface area contributed by atoms with E-state index in [1.807, 2.05) is 36.4 Å². The Hall–Kier alpha value is -2.58. The van der Waals surface area contributed by atoms with E-state index in [4.69, 9.17) is 0 Å². The van der Waals surface area contributed by atoms with E-state index in [1.165, 1.54) is 9.80 Å². The number of carbonyl (C=O) groups excluding carboxylic acids is 4. The molecular formula is C26H18Br2N2O4. The van der Waals surface area contributed by atoms with Crippen molar-refractivity contribution in [1.82, 2.24) is 0 Å². The third-order valence-corrected chi connectivity index (χ3v) is 9.57. The molecule has 8 rings (SSSR count). The van der Waals surface area contributed by atoms with Gasteiger partial charge in [0, 0.05) is 8.95 Å². The van der Waals surface area contributed by atoms with Crippen LogP contribution in [0.1, 0.15) is 0 Å². The van der Waals surface area contributed by atoms with Crippen molar-refractivity contribution in [3.63, 3.8) is 0 Å². The molecule has 2 bridgehead atoms. The molecule has 0 aromatic heterocycles. The second-order valence-corrected chi connectivity index (χ2v) is 11.6. The third kappa shape index (κ3) is 2.45. The van der Waals surface area contributed by atoms with Crippen LogP contribution in [0.5, 0.6) is 0 Å². The Morgan fingerprint density at radius 1 is 0.500 bits per heavy atom. The number of imide groups is 2. The molecule has 4 aliphatic carbocycles. The maximum absolute atomic E-state index is 13.6. The summed E-state index contributed by atoms with van der Waals surface area (Å²) in [5, 5.41) is 0. The van der Waals surface area contributed by atoms with Gasteiger partial charge in [-0.3, -0.25) is 29.0 Å².